The van der Waals surface area contributed by atoms with E-state index in [1.807, 2.05) is 19.9 Å². The molecule has 1 rings (SSSR count). The van der Waals surface area contributed by atoms with Crippen molar-refractivity contribution < 1.29 is 9.53 Å². The Morgan fingerprint density at radius 2 is 2.17 bits per heavy atom. The van der Waals surface area contributed by atoms with E-state index in [-0.39, 0.29) is 12.0 Å². The van der Waals surface area contributed by atoms with Gasteiger partial charge in [-0.1, -0.05) is 0 Å². The minimum atomic E-state index is -0.0174. The van der Waals surface area contributed by atoms with Gasteiger partial charge in [0.1, 0.15) is 0 Å². The van der Waals surface area contributed by atoms with Gasteiger partial charge in [-0.3, -0.25) is 4.79 Å². The van der Waals surface area contributed by atoms with E-state index < -0.39 is 0 Å². The van der Waals surface area contributed by atoms with Gasteiger partial charge in [0.2, 0.25) is 0 Å². The summed E-state index contributed by atoms with van der Waals surface area (Å²) in [5, 5.41) is 2.90. The summed E-state index contributed by atoms with van der Waals surface area (Å²) in [6.45, 7) is 5.49. The van der Waals surface area contributed by atoms with Gasteiger partial charge in [0.05, 0.1) is 14.8 Å². The topological polar surface area (TPSA) is 38.3 Å². The Morgan fingerprint density at radius 1 is 1.44 bits per heavy atom. The van der Waals surface area contributed by atoms with Crippen LogP contribution in [0.5, 0.6) is 0 Å². The largest absolute Gasteiger partial charge is 0.379 e. The lowest BCUT2D eigenvalue weighted by molar-refractivity contribution is 0.0754. The third-order valence-electron chi connectivity index (χ3n) is 2.18. The van der Waals surface area contributed by atoms with Crippen molar-refractivity contribution in [1.29, 1.82) is 0 Å². The second-order valence-electron chi connectivity index (χ2n) is 4.11. The Bertz CT molecular complexity index is 374. The van der Waals surface area contributed by atoms with E-state index in [2.05, 4.69) is 37.2 Å². The number of ether oxygens (including phenoxy) is 1. The van der Waals surface area contributed by atoms with Crippen LogP contribution in [0.4, 0.5) is 0 Å². The Morgan fingerprint density at radius 3 is 2.72 bits per heavy atom. The summed E-state index contributed by atoms with van der Waals surface area (Å²) in [6.07, 6.45) is 2.18. The van der Waals surface area contributed by atoms with Crippen molar-refractivity contribution >= 4 is 49.1 Å². The van der Waals surface area contributed by atoms with Crippen LogP contribution in [-0.2, 0) is 4.74 Å². The normalized spacial score (nSPS) is 10.9. The summed E-state index contributed by atoms with van der Waals surface area (Å²) in [5.74, 6) is -0.0174. The summed E-state index contributed by atoms with van der Waals surface area (Å²) in [6, 6.07) is 1.83. The molecule has 1 aromatic rings. The van der Waals surface area contributed by atoms with Crippen LogP contribution >= 0.6 is 43.2 Å². The van der Waals surface area contributed by atoms with Crippen molar-refractivity contribution in [1.82, 2.24) is 5.32 Å². The summed E-state index contributed by atoms with van der Waals surface area (Å²) < 4.78 is 7.29. The minimum Gasteiger partial charge on any atom is -0.379 e. The molecule has 1 amide bonds. The SMILES string of the molecule is CC(C)OCCCCNC(=O)c1cc(Br)c(Br)s1. The number of carbonyl (C=O) groups excluding carboxylic acids is 1. The number of amides is 1. The number of thiophene rings is 1. The van der Waals surface area contributed by atoms with Crippen LogP contribution in [0.15, 0.2) is 14.3 Å². The molecule has 1 N–H and O–H groups in total. The molecular weight excluding hydrogens is 382 g/mol. The van der Waals surface area contributed by atoms with Gasteiger partial charge in [-0.2, -0.15) is 0 Å². The van der Waals surface area contributed by atoms with Crippen molar-refractivity contribution in [3.63, 3.8) is 0 Å². The third kappa shape index (κ3) is 5.82. The molecule has 0 saturated carbocycles. The molecule has 0 saturated heterocycles. The van der Waals surface area contributed by atoms with Crippen LogP contribution in [0.1, 0.15) is 36.4 Å². The van der Waals surface area contributed by atoms with Gasteiger partial charge in [-0.05, 0) is 64.6 Å². The fourth-order valence-corrected chi connectivity index (χ4v) is 3.25. The van der Waals surface area contributed by atoms with Crippen molar-refractivity contribution in [3.05, 3.63) is 19.2 Å². The first kappa shape index (κ1) is 16.1. The van der Waals surface area contributed by atoms with Crippen LogP contribution in [0, 0.1) is 0 Å². The van der Waals surface area contributed by atoms with Gasteiger partial charge in [0.25, 0.3) is 5.91 Å². The maximum absolute atomic E-state index is 11.8. The van der Waals surface area contributed by atoms with Gasteiger partial charge in [0, 0.05) is 17.6 Å². The minimum absolute atomic E-state index is 0.0174. The highest BCUT2D eigenvalue weighted by molar-refractivity contribution is 9.13. The zero-order valence-corrected chi connectivity index (χ0v) is 14.5. The van der Waals surface area contributed by atoms with Gasteiger partial charge in [-0.25, -0.2) is 0 Å². The maximum Gasteiger partial charge on any atom is 0.261 e. The first-order valence-corrected chi connectivity index (χ1v) is 8.25. The number of carbonyl (C=O) groups is 1. The molecule has 3 nitrogen and oxygen atoms in total. The predicted molar refractivity (Wildman–Crippen MR) is 82.4 cm³/mol. The van der Waals surface area contributed by atoms with Crippen molar-refractivity contribution in [3.8, 4) is 0 Å². The number of halogens is 2. The number of rotatable bonds is 7. The highest BCUT2D eigenvalue weighted by Crippen LogP contribution is 2.32. The molecule has 0 spiro atoms. The highest BCUT2D eigenvalue weighted by Gasteiger charge is 2.11. The molecule has 6 heteroatoms. The Balaban J connectivity index is 2.18. The molecule has 0 aliphatic rings. The molecule has 0 atom stereocenters. The monoisotopic (exact) mass is 397 g/mol. The average Bonchev–Trinajstić information content (AvgIpc) is 2.63. The molecular formula is C12H17Br2NO2S. The molecule has 0 bridgehead atoms. The van der Waals surface area contributed by atoms with Gasteiger partial charge in [-0.15, -0.1) is 11.3 Å². The van der Waals surface area contributed by atoms with Crippen LogP contribution < -0.4 is 5.32 Å². The molecule has 0 radical (unpaired) electrons. The van der Waals surface area contributed by atoms with E-state index >= 15 is 0 Å². The van der Waals surface area contributed by atoms with Crippen molar-refractivity contribution in [2.24, 2.45) is 0 Å². The standard InChI is InChI=1S/C12H17Br2NO2S/c1-8(2)17-6-4-3-5-15-12(16)10-7-9(13)11(14)18-10/h7-8H,3-6H2,1-2H3,(H,15,16). The third-order valence-corrected chi connectivity index (χ3v) is 5.43. The van der Waals surface area contributed by atoms with Gasteiger partial charge < -0.3 is 10.1 Å². The zero-order chi connectivity index (χ0) is 13.5. The average molecular weight is 399 g/mol. The summed E-state index contributed by atoms with van der Waals surface area (Å²) in [5.41, 5.74) is 0. The number of hydrogen-bond donors (Lipinski definition) is 1. The Labute approximate surface area is 129 Å². The van der Waals surface area contributed by atoms with Gasteiger partial charge in [0.15, 0.2) is 0 Å². The lowest BCUT2D eigenvalue weighted by Gasteiger charge is -2.07. The predicted octanol–water partition coefficient (Wildman–Crippen LogP) is 4.21. The smallest absolute Gasteiger partial charge is 0.261 e. The van der Waals surface area contributed by atoms with Crippen molar-refractivity contribution in [2.75, 3.05) is 13.2 Å². The molecule has 18 heavy (non-hydrogen) atoms. The second kappa shape index (κ2) is 8.30. The molecule has 1 aromatic heterocycles. The molecule has 0 aromatic carbocycles. The van der Waals surface area contributed by atoms with Crippen LogP contribution in [0.3, 0.4) is 0 Å². The fourth-order valence-electron chi connectivity index (χ4n) is 1.29. The van der Waals surface area contributed by atoms with Crippen LogP contribution in [-0.4, -0.2) is 25.2 Å². The first-order valence-electron chi connectivity index (χ1n) is 5.85. The van der Waals surface area contributed by atoms with Gasteiger partial charge >= 0.3 is 0 Å². The molecule has 102 valence electrons. The second-order valence-corrected chi connectivity index (χ2v) is 7.34. The van der Waals surface area contributed by atoms with E-state index in [0.29, 0.717) is 11.4 Å². The Kier molecular flexibility index (Phi) is 7.44. The highest BCUT2D eigenvalue weighted by atomic mass is 79.9. The number of unbranched alkanes of at least 4 members (excludes halogenated alkanes) is 1. The summed E-state index contributed by atoms with van der Waals surface area (Å²) in [7, 11) is 0. The fraction of sp³-hybridized carbons (Fsp3) is 0.583. The van der Waals surface area contributed by atoms with E-state index in [9.17, 15) is 4.79 Å². The molecule has 0 fully saturated rings. The van der Waals surface area contributed by atoms with Crippen LogP contribution in [0.2, 0.25) is 0 Å². The molecule has 0 aliphatic carbocycles. The summed E-state index contributed by atoms with van der Waals surface area (Å²) in [4.78, 5) is 12.5. The van der Waals surface area contributed by atoms with Crippen LogP contribution in [0.25, 0.3) is 0 Å². The van der Waals surface area contributed by atoms with Crippen molar-refractivity contribution in [2.45, 2.75) is 32.8 Å². The molecule has 0 unspecified atom stereocenters. The lowest BCUT2D eigenvalue weighted by Crippen LogP contribution is -2.23. The summed E-state index contributed by atoms with van der Waals surface area (Å²) >= 11 is 8.17. The number of hydrogen-bond acceptors (Lipinski definition) is 3. The molecule has 0 aliphatic heterocycles. The van der Waals surface area contributed by atoms with E-state index in [0.717, 1.165) is 27.7 Å². The first-order chi connectivity index (χ1) is 8.50. The quantitative estimate of drug-likeness (QED) is 0.698. The maximum atomic E-state index is 11.8. The molecule has 1 heterocycles. The Hall–Kier alpha value is 0.0900. The zero-order valence-electron chi connectivity index (χ0n) is 10.5. The van der Waals surface area contributed by atoms with E-state index in [4.69, 9.17) is 4.74 Å². The number of nitrogens with one attached hydrogen (secondary N) is 1. The van der Waals surface area contributed by atoms with E-state index in [1.54, 1.807) is 0 Å². The van der Waals surface area contributed by atoms with E-state index in [1.165, 1.54) is 11.3 Å². The lowest BCUT2D eigenvalue weighted by atomic mass is 10.3.